The van der Waals surface area contributed by atoms with Gasteiger partial charge in [-0.25, -0.2) is 14.4 Å². The van der Waals surface area contributed by atoms with Gasteiger partial charge in [0, 0.05) is 77.1 Å². The number of hydrogen-bond acceptors (Lipinski definition) is 16. The summed E-state index contributed by atoms with van der Waals surface area (Å²) in [7, 11) is 0. The van der Waals surface area contributed by atoms with Crippen LogP contribution in [0.5, 0.6) is 0 Å². The number of carboxylic acid groups (broad SMARTS) is 5. The molecule has 5 amide bonds. The van der Waals surface area contributed by atoms with Crippen LogP contribution in [0.1, 0.15) is 200 Å². The topological polar surface area (TPSA) is 394 Å². The lowest BCUT2D eigenvalue weighted by atomic mass is 9.94. The van der Waals surface area contributed by atoms with Crippen LogP contribution in [0, 0.1) is 11.8 Å². The molecule has 0 aromatic carbocycles. The maximum absolute atomic E-state index is 12.7. The normalized spacial score (nSPS) is 14.4. The van der Waals surface area contributed by atoms with Crippen molar-refractivity contribution in [1.29, 1.82) is 0 Å². The Bertz CT molecular complexity index is 2020. The Morgan fingerprint density at radius 2 is 0.953 bits per heavy atom. The maximum atomic E-state index is 12.7. The fraction of sp³-hybridized carbons (Fsp3) is 0.797. The van der Waals surface area contributed by atoms with Crippen LogP contribution in [-0.2, 0) is 76.5 Å². The molecule has 9 N–H and O–H groups in total. The lowest BCUT2D eigenvalue weighted by molar-refractivity contribution is -0.149. The molecule has 1 rings (SSSR count). The van der Waals surface area contributed by atoms with Gasteiger partial charge in [-0.3, -0.25) is 43.2 Å². The number of carbonyl (C=O) groups is 12. The zero-order valence-electron chi connectivity index (χ0n) is 50.1. The zero-order chi connectivity index (χ0) is 63.0. The number of carboxylic acids is 5. The van der Waals surface area contributed by atoms with Gasteiger partial charge in [-0.1, -0.05) is 90.4 Å². The molecule has 0 spiro atoms. The molecule has 0 saturated carbocycles. The molecule has 0 aromatic heterocycles. The van der Waals surface area contributed by atoms with Crippen molar-refractivity contribution >= 4 is 70.9 Å². The Hall–Kier alpha value is -6.12. The zero-order valence-corrected chi connectivity index (χ0v) is 50.1. The number of carbonyl (C=O) groups excluding carboxylic acids is 7. The van der Waals surface area contributed by atoms with Gasteiger partial charge in [0.15, 0.2) is 5.78 Å². The Balaban J connectivity index is 2.07. The van der Waals surface area contributed by atoms with Crippen LogP contribution in [-0.4, -0.2) is 192 Å². The van der Waals surface area contributed by atoms with E-state index in [4.69, 9.17) is 24.1 Å². The summed E-state index contributed by atoms with van der Waals surface area (Å²) in [5, 5.41) is 57.0. The molecule has 0 aromatic rings. The Morgan fingerprint density at radius 1 is 0.447 bits per heavy atom. The third-order valence-electron chi connectivity index (χ3n) is 14.4. The fourth-order valence-corrected chi connectivity index (χ4v) is 9.45. The minimum Gasteiger partial charge on any atom is -0.481 e. The van der Waals surface area contributed by atoms with Crippen molar-refractivity contribution in [3.05, 3.63) is 0 Å². The lowest BCUT2D eigenvalue weighted by Crippen LogP contribution is -2.43. The van der Waals surface area contributed by atoms with Crippen LogP contribution >= 0.6 is 0 Å². The SMILES string of the molecule is C[C@@H](CCCCNC(=O)CC[C@H](CC(=O)CC[C@H](NC(=O)COCCOCCCC(=O)COCCOCCNC(=O)CC[C@H](NC(=O)CCCCCCCCCCCCCCCCC(=O)O)C(=O)O)C(=O)O)C(=O)O)C(=O)N1CCC[C@H]1C(=O)O. The van der Waals surface area contributed by atoms with Crippen LogP contribution in [0.4, 0.5) is 0 Å². The second kappa shape index (κ2) is 49.0. The highest BCUT2D eigenvalue weighted by molar-refractivity contribution is 5.88. The van der Waals surface area contributed by atoms with Crippen molar-refractivity contribution in [2.24, 2.45) is 11.8 Å². The number of Topliss-reactive ketones (excluding diaryl/α,β-unsaturated/α-hetero) is 2. The van der Waals surface area contributed by atoms with E-state index in [1.807, 2.05) is 0 Å². The number of hydrogen-bond donors (Lipinski definition) is 9. The van der Waals surface area contributed by atoms with Gasteiger partial charge in [0.25, 0.3) is 0 Å². The maximum Gasteiger partial charge on any atom is 0.326 e. The van der Waals surface area contributed by atoms with E-state index in [1.54, 1.807) is 6.92 Å². The molecule has 1 aliphatic rings. The molecule has 0 unspecified atom stereocenters. The molecule has 1 saturated heterocycles. The molecule has 26 nitrogen and oxygen atoms in total. The molecule has 0 radical (unpaired) electrons. The van der Waals surface area contributed by atoms with Crippen LogP contribution in [0.2, 0.25) is 0 Å². The molecule has 0 bridgehead atoms. The van der Waals surface area contributed by atoms with Gasteiger partial charge in [-0.05, 0) is 64.2 Å². The third kappa shape index (κ3) is 41.6. The minimum atomic E-state index is -1.45. The van der Waals surface area contributed by atoms with Crippen molar-refractivity contribution in [3.63, 3.8) is 0 Å². The molecule has 1 heterocycles. The van der Waals surface area contributed by atoms with E-state index in [0.717, 1.165) is 51.4 Å². The number of ether oxygens (including phenoxy) is 4. The van der Waals surface area contributed by atoms with E-state index in [-0.39, 0.29) is 147 Å². The number of aliphatic carboxylic acids is 5. The van der Waals surface area contributed by atoms with Gasteiger partial charge in [0.2, 0.25) is 29.5 Å². The summed E-state index contributed by atoms with van der Waals surface area (Å²) in [4.78, 5) is 146. The van der Waals surface area contributed by atoms with E-state index in [9.17, 15) is 78.0 Å². The first-order valence-corrected chi connectivity index (χ1v) is 30.6. The average Bonchev–Trinajstić information content (AvgIpc) is 4.22. The van der Waals surface area contributed by atoms with Crippen molar-refractivity contribution in [2.75, 3.05) is 72.5 Å². The van der Waals surface area contributed by atoms with Crippen LogP contribution in [0.25, 0.3) is 0 Å². The van der Waals surface area contributed by atoms with Gasteiger partial charge in [0.05, 0.1) is 39.0 Å². The molecule has 1 aliphatic heterocycles. The Morgan fingerprint density at radius 3 is 1.52 bits per heavy atom. The summed E-state index contributed by atoms with van der Waals surface area (Å²) >= 11 is 0. The summed E-state index contributed by atoms with van der Waals surface area (Å²) < 4.78 is 21.4. The number of amides is 5. The molecular formula is C59H99N5O21. The van der Waals surface area contributed by atoms with Gasteiger partial charge < -0.3 is 70.6 Å². The quantitative estimate of drug-likeness (QED) is 0.0362. The van der Waals surface area contributed by atoms with E-state index in [0.29, 0.717) is 51.5 Å². The van der Waals surface area contributed by atoms with Gasteiger partial charge >= 0.3 is 29.8 Å². The summed E-state index contributed by atoms with van der Waals surface area (Å²) in [6.07, 6.45) is 16.9. The first-order valence-electron chi connectivity index (χ1n) is 30.6. The van der Waals surface area contributed by atoms with Crippen molar-refractivity contribution in [2.45, 2.75) is 218 Å². The summed E-state index contributed by atoms with van der Waals surface area (Å²) in [6.45, 7) is 2.66. The van der Waals surface area contributed by atoms with Gasteiger partial charge in [0.1, 0.15) is 37.1 Å². The number of likely N-dealkylation sites (tertiary alicyclic amines) is 1. The second-order valence-electron chi connectivity index (χ2n) is 21.8. The van der Waals surface area contributed by atoms with Crippen molar-refractivity contribution in [1.82, 2.24) is 26.2 Å². The standard InChI is InChI=1S/C59H99N5O21/c1-43(55(73)64-33-18-22-49(64)59(80)81)20-16-17-31-60-50(67)29-25-44(56(74)75)40-45(65)26-27-47(57(76)77)63-53(70)42-85-39-36-82-34-19-21-46(66)41-84-38-37-83-35-32-61-51(68)30-28-48(58(78)79)62-52(69)23-14-12-10-8-6-4-2-3-5-7-9-11-13-15-24-54(71)72/h43-44,47-49H,2-42H2,1H3,(H,60,67)(H,61,68)(H,62,69)(H,63,70)(H,71,72)(H,74,75)(H,76,77)(H,78,79)(H,80,81)/t43-,44+,47-,48-,49-/m0/s1. The largest absolute Gasteiger partial charge is 0.481 e. The molecule has 486 valence electrons. The van der Waals surface area contributed by atoms with E-state index in [2.05, 4.69) is 21.3 Å². The molecule has 1 fully saturated rings. The molecule has 26 heteroatoms. The Labute approximate surface area is 499 Å². The monoisotopic (exact) mass is 1210 g/mol. The van der Waals surface area contributed by atoms with Gasteiger partial charge in [-0.2, -0.15) is 0 Å². The Kier molecular flexibility index (Phi) is 44.4. The molecule has 85 heavy (non-hydrogen) atoms. The highest BCUT2D eigenvalue weighted by Crippen LogP contribution is 2.22. The number of ketones is 2. The molecule has 0 aliphatic carbocycles. The minimum absolute atomic E-state index is 0.0185. The summed E-state index contributed by atoms with van der Waals surface area (Å²) in [6, 6.07) is -3.43. The van der Waals surface area contributed by atoms with Crippen molar-refractivity contribution < 1.29 is 102 Å². The number of nitrogens with one attached hydrogen (secondary N) is 4. The number of nitrogens with zero attached hydrogens (tertiary/aromatic N) is 1. The van der Waals surface area contributed by atoms with E-state index < -0.39 is 84.5 Å². The van der Waals surface area contributed by atoms with Crippen molar-refractivity contribution in [3.8, 4) is 0 Å². The average molecular weight is 1210 g/mol. The fourth-order valence-electron chi connectivity index (χ4n) is 9.45. The van der Waals surface area contributed by atoms with E-state index >= 15 is 0 Å². The second-order valence-corrected chi connectivity index (χ2v) is 21.8. The first kappa shape index (κ1) is 76.9. The first-order chi connectivity index (χ1) is 40.7. The summed E-state index contributed by atoms with van der Waals surface area (Å²) in [5.74, 6) is -10.1. The predicted molar refractivity (Wildman–Crippen MR) is 308 cm³/mol. The predicted octanol–water partition coefficient (Wildman–Crippen LogP) is 4.98. The van der Waals surface area contributed by atoms with Gasteiger partial charge in [-0.15, -0.1) is 0 Å². The number of rotatable bonds is 57. The summed E-state index contributed by atoms with van der Waals surface area (Å²) in [5.41, 5.74) is 0. The highest BCUT2D eigenvalue weighted by atomic mass is 16.5. The van der Waals surface area contributed by atoms with E-state index in [1.165, 1.54) is 37.0 Å². The van der Waals surface area contributed by atoms with Crippen LogP contribution < -0.4 is 21.3 Å². The number of unbranched alkanes of at least 4 members (excludes halogenated alkanes) is 14. The van der Waals surface area contributed by atoms with Crippen LogP contribution in [0.3, 0.4) is 0 Å². The van der Waals surface area contributed by atoms with Crippen LogP contribution in [0.15, 0.2) is 0 Å². The molecular weight excluding hydrogens is 1110 g/mol. The smallest absolute Gasteiger partial charge is 0.326 e. The molecule has 5 atom stereocenters. The lowest BCUT2D eigenvalue weighted by Gasteiger charge is -2.24. The third-order valence-corrected chi connectivity index (χ3v) is 14.4. The highest BCUT2D eigenvalue weighted by Gasteiger charge is 2.35.